The number of nitrogens with one attached hydrogen (secondary N) is 1. The molecule has 0 spiro atoms. The SMILES string of the molecule is CCOC(=O)C1C(S(=O)(=O)c2ccc(C)cc2)CN2CCC(Cc3ccc(C)cc3)(NC(=O)OC(C)(C)C)C(=O)N12. The molecule has 2 aromatic carbocycles. The fourth-order valence-corrected chi connectivity index (χ4v) is 7.16. The molecule has 3 unspecified atom stereocenters. The number of carbonyl (C=O) groups excluding carboxylic acids is 3. The predicted octanol–water partition coefficient (Wildman–Crippen LogP) is 3.35. The Morgan fingerprint density at radius 1 is 1.02 bits per heavy atom. The molecule has 4 rings (SSSR count). The summed E-state index contributed by atoms with van der Waals surface area (Å²) in [7, 11) is -4.05. The van der Waals surface area contributed by atoms with Crippen molar-refractivity contribution < 1.29 is 32.3 Å². The van der Waals surface area contributed by atoms with E-state index in [4.69, 9.17) is 9.47 Å². The predicted molar refractivity (Wildman–Crippen MR) is 153 cm³/mol. The fraction of sp³-hybridized carbons (Fsp3) is 0.500. The number of benzene rings is 2. The number of hydrogen-bond acceptors (Lipinski definition) is 8. The average Bonchev–Trinajstić information content (AvgIpc) is 3.28. The highest BCUT2D eigenvalue weighted by atomic mass is 32.2. The third-order valence-electron chi connectivity index (χ3n) is 7.37. The van der Waals surface area contributed by atoms with Gasteiger partial charge in [-0.15, -0.1) is 0 Å². The first kappa shape index (κ1) is 30.5. The van der Waals surface area contributed by atoms with Gasteiger partial charge in [-0.1, -0.05) is 47.5 Å². The van der Waals surface area contributed by atoms with Gasteiger partial charge in [0.15, 0.2) is 15.9 Å². The number of hydrogen-bond donors (Lipinski definition) is 1. The van der Waals surface area contributed by atoms with Crippen LogP contribution in [0.15, 0.2) is 53.4 Å². The highest BCUT2D eigenvalue weighted by Crippen LogP contribution is 2.37. The van der Waals surface area contributed by atoms with Gasteiger partial charge in [-0.2, -0.15) is 0 Å². The smallest absolute Gasteiger partial charge is 0.408 e. The van der Waals surface area contributed by atoms with Crippen LogP contribution in [0.2, 0.25) is 0 Å². The largest absolute Gasteiger partial charge is 0.464 e. The Labute approximate surface area is 241 Å². The zero-order valence-corrected chi connectivity index (χ0v) is 25.3. The van der Waals surface area contributed by atoms with E-state index in [-0.39, 0.29) is 37.4 Å². The molecule has 2 aromatic rings. The van der Waals surface area contributed by atoms with E-state index in [1.54, 1.807) is 44.8 Å². The van der Waals surface area contributed by atoms with Crippen LogP contribution in [-0.2, 0) is 35.3 Å². The van der Waals surface area contributed by atoms with Crippen molar-refractivity contribution in [3.8, 4) is 0 Å². The molecular weight excluding hydrogens is 546 g/mol. The maximum Gasteiger partial charge on any atom is 0.408 e. The maximum absolute atomic E-state index is 14.5. The van der Waals surface area contributed by atoms with E-state index in [9.17, 15) is 22.8 Å². The molecule has 2 aliphatic heterocycles. The number of hydrazine groups is 1. The Bertz CT molecular complexity index is 1400. The zero-order chi connectivity index (χ0) is 30.2. The summed E-state index contributed by atoms with van der Waals surface area (Å²) >= 11 is 0. The summed E-state index contributed by atoms with van der Waals surface area (Å²) in [4.78, 5) is 41.0. The number of ether oxygens (including phenoxy) is 2. The lowest BCUT2D eigenvalue weighted by molar-refractivity contribution is -0.173. The van der Waals surface area contributed by atoms with Crippen molar-refractivity contribution in [1.29, 1.82) is 0 Å². The summed E-state index contributed by atoms with van der Waals surface area (Å²) in [5.74, 6) is -1.40. The van der Waals surface area contributed by atoms with Crippen LogP contribution in [0.4, 0.5) is 4.79 Å². The van der Waals surface area contributed by atoms with E-state index in [2.05, 4.69) is 5.32 Å². The number of fused-ring (bicyclic) bond motifs is 1. The number of rotatable bonds is 7. The summed E-state index contributed by atoms with van der Waals surface area (Å²) < 4.78 is 38.6. The lowest BCUT2D eigenvalue weighted by atomic mass is 9.84. The zero-order valence-electron chi connectivity index (χ0n) is 24.5. The van der Waals surface area contributed by atoms with Crippen LogP contribution in [0.5, 0.6) is 0 Å². The Balaban J connectivity index is 1.77. The fourth-order valence-electron chi connectivity index (χ4n) is 5.36. The van der Waals surface area contributed by atoms with E-state index in [0.29, 0.717) is 0 Å². The van der Waals surface area contributed by atoms with Crippen molar-refractivity contribution in [3.05, 3.63) is 65.2 Å². The van der Waals surface area contributed by atoms with E-state index in [0.717, 1.165) is 16.7 Å². The third-order valence-corrected chi connectivity index (χ3v) is 9.50. The Hall–Kier alpha value is -3.44. The van der Waals surface area contributed by atoms with Crippen LogP contribution in [0.25, 0.3) is 0 Å². The number of alkyl carbamates (subject to hydrolysis) is 1. The molecule has 2 fully saturated rings. The second-order valence-corrected chi connectivity index (χ2v) is 13.9. The first-order valence-electron chi connectivity index (χ1n) is 13.8. The van der Waals surface area contributed by atoms with Gasteiger partial charge in [0.25, 0.3) is 5.91 Å². The van der Waals surface area contributed by atoms with Gasteiger partial charge in [0.1, 0.15) is 16.4 Å². The molecule has 10 nitrogen and oxygen atoms in total. The quantitative estimate of drug-likeness (QED) is 0.491. The van der Waals surface area contributed by atoms with Crippen LogP contribution in [0.3, 0.4) is 0 Å². The number of carbonyl (C=O) groups is 3. The van der Waals surface area contributed by atoms with Crippen LogP contribution in [-0.4, -0.2) is 78.5 Å². The number of amides is 2. The molecule has 1 N–H and O–H groups in total. The van der Waals surface area contributed by atoms with Gasteiger partial charge in [0.2, 0.25) is 0 Å². The van der Waals surface area contributed by atoms with Crippen molar-refractivity contribution >= 4 is 27.8 Å². The summed E-state index contributed by atoms with van der Waals surface area (Å²) in [5.41, 5.74) is 0.427. The average molecular weight is 586 g/mol. The molecule has 2 heterocycles. The Morgan fingerprint density at radius 3 is 2.17 bits per heavy atom. The van der Waals surface area contributed by atoms with E-state index >= 15 is 0 Å². The highest BCUT2D eigenvalue weighted by Gasteiger charge is 2.60. The first-order valence-corrected chi connectivity index (χ1v) is 15.3. The van der Waals surface area contributed by atoms with Crippen LogP contribution in [0.1, 0.15) is 50.8 Å². The van der Waals surface area contributed by atoms with Gasteiger partial charge in [-0.05, 0) is 65.7 Å². The second-order valence-electron chi connectivity index (χ2n) is 11.8. The number of nitrogens with zero attached hydrogens (tertiary/aromatic N) is 2. The molecule has 2 amide bonds. The molecule has 0 aliphatic carbocycles. The first-order chi connectivity index (χ1) is 19.2. The van der Waals surface area contributed by atoms with E-state index in [1.807, 2.05) is 38.1 Å². The minimum Gasteiger partial charge on any atom is -0.464 e. The lowest BCUT2D eigenvalue weighted by Crippen LogP contribution is -2.69. The van der Waals surface area contributed by atoms with E-state index < -0.39 is 50.2 Å². The molecule has 0 aromatic heterocycles. The van der Waals surface area contributed by atoms with Gasteiger partial charge < -0.3 is 14.8 Å². The molecule has 222 valence electrons. The van der Waals surface area contributed by atoms with Gasteiger partial charge in [-0.25, -0.2) is 23.0 Å². The van der Waals surface area contributed by atoms with Crippen LogP contribution >= 0.6 is 0 Å². The van der Waals surface area contributed by atoms with Crippen molar-refractivity contribution in [3.63, 3.8) is 0 Å². The van der Waals surface area contributed by atoms with Gasteiger partial charge in [-0.3, -0.25) is 9.80 Å². The van der Waals surface area contributed by atoms with Crippen LogP contribution in [0, 0.1) is 13.8 Å². The standard InChI is InChI=1S/C30H39N3O7S/c1-7-39-26(34)25-24(41(37,38)23-14-10-21(3)11-15-23)19-32-17-16-30(27(35)33(25)32,31-28(36)40-29(4,5)6)18-22-12-8-20(2)9-13-22/h8-15,24-25H,7,16-19H2,1-6H3,(H,31,36). The molecule has 0 bridgehead atoms. The van der Waals surface area contributed by atoms with E-state index in [1.165, 1.54) is 17.1 Å². The summed E-state index contributed by atoms with van der Waals surface area (Å²) in [6, 6.07) is 12.6. The van der Waals surface area contributed by atoms with Crippen molar-refractivity contribution in [1.82, 2.24) is 15.3 Å². The molecule has 3 atom stereocenters. The highest BCUT2D eigenvalue weighted by molar-refractivity contribution is 7.92. The minimum absolute atomic E-state index is 0.0132. The van der Waals surface area contributed by atoms with Gasteiger partial charge >= 0.3 is 12.1 Å². The van der Waals surface area contributed by atoms with Gasteiger partial charge in [0.05, 0.1) is 11.5 Å². The molecule has 41 heavy (non-hydrogen) atoms. The summed E-state index contributed by atoms with van der Waals surface area (Å²) in [5, 5.41) is 4.34. The van der Waals surface area contributed by atoms with Gasteiger partial charge in [0, 0.05) is 19.5 Å². The topological polar surface area (TPSA) is 122 Å². The van der Waals surface area contributed by atoms with Crippen LogP contribution < -0.4 is 5.32 Å². The third kappa shape index (κ3) is 6.41. The molecule has 2 aliphatic rings. The van der Waals surface area contributed by atoms with Crippen molar-refractivity contribution in [2.75, 3.05) is 19.7 Å². The Kier molecular flexibility index (Phi) is 8.52. The molecule has 0 radical (unpaired) electrons. The molecule has 2 saturated heterocycles. The molecule has 11 heteroatoms. The number of aryl methyl sites for hydroxylation is 2. The molecular formula is C30H39N3O7S. The minimum atomic E-state index is -4.05. The second kappa shape index (κ2) is 11.4. The normalized spacial score (nSPS) is 23.2. The van der Waals surface area contributed by atoms with Crippen molar-refractivity contribution in [2.24, 2.45) is 0 Å². The Morgan fingerprint density at radius 2 is 1.61 bits per heavy atom. The lowest BCUT2D eigenvalue weighted by Gasteiger charge is -2.46. The molecule has 0 saturated carbocycles. The maximum atomic E-state index is 14.5. The summed E-state index contributed by atoms with van der Waals surface area (Å²) in [6.45, 7) is 10.8. The monoisotopic (exact) mass is 585 g/mol. The summed E-state index contributed by atoms with van der Waals surface area (Å²) in [6.07, 6.45) is -0.467. The number of esters is 1. The van der Waals surface area contributed by atoms with Crippen molar-refractivity contribution in [2.45, 2.75) is 81.7 Å². The number of sulfone groups is 1.